The standard InChI is InChI=1S/C11H14N2S2/c1-8-5-13-11(15-8)6-12-9(2)10-3-4-14-7-10/h3-5,7,9,12H,6H2,1-2H3. The number of thiazole rings is 1. The van der Waals surface area contributed by atoms with Crippen LogP contribution in [0.5, 0.6) is 0 Å². The molecule has 0 aliphatic rings. The highest BCUT2D eigenvalue weighted by Gasteiger charge is 2.06. The van der Waals surface area contributed by atoms with Crippen LogP contribution >= 0.6 is 22.7 Å². The van der Waals surface area contributed by atoms with Crippen molar-refractivity contribution < 1.29 is 0 Å². The second-order valence-corrected chi connectivity index (χ2v) is 5.62. The lowest BCUT2D eigenvalue weighted by atomic mass is 10.2. The molecular weight excluding hydrogens is 224 g/mol. The van der Waals surface area contributed by atoms with Crippen LogP contribution in [-0.4, -0.2) is 4.98 Å². The predicted octanol–water partition coefficient (Wildman–Crippen LogP) is 3.36. The molecule has 2 nitrogen and oxygen atoms in total. The number of hydrogen-bond acceptors (Lipinski definition) is 4. The normalized spacial score (nSPS) is 12.9. The number of aryl methyl sites for hydroxylation is 1. The summed E-state index contributed by atoms with van der Waals surface area (Å²) in [4.78, 5) is 5.60. The van der Waals surface area contributed by atoms with Crippen LogP contribution in [0.2, 0.25) is 0 Å². The SMILES string of the molecule is Cc1cnc(CNC(C)c2ccsc2)s1. The highest BCUT2D eigenvalue weighted by Crippen LogP contribution is 2.17. The Kier molecular flexibility index (Phi) is 3.51. The maximum Gasteiger partial charge on any atom is 0.107 e. The van der Waals surface area contributed by atoms with Gasteiger partial charge < -0.3 is 5.32 Å². The van der Waals surface area contributed by atoms with Gasteiger partial charge in [-0.25, -0.2) is 4.98 Å². The monoisotopic (exact) mass is 238 g/mol. The number of aromatic nitrogens is 1. The van der Waals surface area contributed by atoms with Crippen LogP contribution < -0.4 is 5.32 Å². The van der Waals surface area contributed by atoms with Crippen LogP contribution in [0, 0.1) is 6.92 Å². The number of nitrogens with zero attached hydrogens (tertiary/aromatic N) is 1. The van der Waals surface area contributed by atoms with Crippen molar-refractivity contribution in [3.05, 3.63) is 38.5 Å². The molecule has 0 aromatic carbocycles. The van der Waals surface area contributed by atoms with E-state index < -0.39 is 0 Å². The number of thiophene rings is 1. The van der Waals surface area contributed by atoms with Gasteiger partial charge in [0, 0.05) is 23.7 Å². The lowest BCUT2D eigenvalue weighted by Crippen LogP contribution is -2.17. The molecule has 0 aliphatic heterocycles. The van der Waals surface area contributed by atoms with E-state index in [1.54, 1.807) is 22.7 Å². The molecule has 1 unspecified atom stereocenters. The van der Waals surface area contributed by atoms with E-state index in [-0.39, 0.29) is 0 Å². The molecule has 4 heteroatoms. The van der Waals surface area contributed by atoms with Crippen molar-refractivity contribution in [2.75, 3.05) is 0 Å². The van der Waals surface area contributed by atoms with Crippen LogP contribution in [0.4, 0.5) is 0 Å². The van der Waals surface area contributed by atoms with Gasteiger partial charge in [-0.05, 0) is 36.2 Å². The quantitative estimate of drug-likeness (QED) is 0.883. The van der Waals surface area contributed by atoms with Crippen molar-refractivity contribution in [1.82, 2.24) is 10.3 Å². The molecule has 15 heavy (non-hydrogen) atoms. The summed E-state index contributed by atoms with van der Waals surface area (Å²) in [5, 5.41) is 8.93. The maximum absolute atomic E-state index is 4.33. The first kappa shape index (κ1) is 10.8. The van der Waals surface area contributed by atoms with Crippen molar-refractivity contribution in [1.29, 1.82) is 0 Å². The van der Waals surface area contributed by atoms with Crippen LogP contribution in [0.25, 0.3) is 0 Å². The summed E-state index contributed by atoms with van der Waals surface area (Å²) in [5.41, 5.74) is 1.35. The van der Waals surface area contributed by atoms with Crippen LogP contribution in [0.3, 0.4) is 0 Å². The molecule has 0 saturated carbocycles. The van der Waals surface area contributed by atoms with E-state index in [4.69, 9.17) is 0 Å². The zero-order valence-corrected chi connectivity index (χ0v) is 10.5. The molecule has 80 valence electrons. The molecule has 1 N–H and O–H groups in total. The summed E-state index contributed by atoms with van der Waals surface area (Å²) >= 11 is 3.50. The van der Waals surface area contributed by atoms with E-state index in [1.165, 1.54) is 10.4 Å². The van der Waals surface area contributed by atoms with Crippen molar-refractivity contribution in [3.63, 3.8) is 0 Å². The summed E-state index contributed by atoms with van der Waals surface area (Å²) in [6, 6.07) is 2.57. The molecule has 2 aromatic rings. The minimum absolute atomic E-state index is 0.403. The zero-order valence-electron chi connectivity index (χ0n) is 8.86. The number of nitrogens with one attached hydrogen (secondary N) is 1. The van der Waals surface area contributed by atoms with Crippen LogP contribution in [-0.2, 0) is 6.54 Å². The molecule has 2 heterocycles. The van der Waals surface area contributed by atoms with Gasteiger partial charge in [-0.2, -0.15) is 11.3 Å². The zero-order chi connectivity index (χ0) is 10.7. The van der Waals surface area contributed by atoms with Gasteiger partial charge in [0.05, 0.1) is 0 Å². The lowest BCUT2D eigenvalue weighted by Gasteiger charge is -2.10. The molecule has 0 saturated heterocycles. The minimum Gasteiger partial charge on any atom is -0.304 e. The Morgan fingerprint density at radius 1 is 1.53 bits per heavy atom. The second-order valence-electron chi connectivity index (χ2n) is 3.52. The van der Waals surface area contributed by atoms with Gasteiger partial charge in [-0.1, -0.05) is 0 Å². The smallest absolute Gasteiger partial charge is 0.107 e. The summed E-state index contributed by atoms with van der Waals surface area (Å²) < 4.78 is 0. The fourth-order valence-electron chi connectivity index (χ4n) is 1.36. The average Bonchev–Trinajstić information content (AvgIpc) is 2.84. The van der Waals surface area contributed by atoms with Crippen LogP contribution in [0.1, 0.15) is 28.4 Å². The molecule has 0 amide bonds. The van der Waals surface area contributed by atoms with E-state index in [9.17, 15) is 0 Å². The summed E-state index contributed by atoms with van der Waals surface area (Å²) in [6.45, 7) is 5.13. The van der Waals surface area contributed by atoms with Crippen LogP contribution in [0.15, 0.2) is 23.0 Å². The van der Waals surface area contributed by atoms with Gasteiger partial charge in [-0.15, -0.1) is 11.3 Å². The van der Waals surface area contributed by atoms with E-state index in [0.29, 0.717) is 6.04 Å². The third kappa shape index (κ3) is 2.87. The topological polar surface area (TPSA) is 24.9 Å². The summed E-state index contributed by atoms with van der Waals surface area (Å²) in [5.74, 6) is 0. The third-order valence-corrected chi connectivity index (χ3v) is 3.89. The molecule has 2 rings (SSSR count). The third-order valence-electron chi connectivity index (χ3n) is 2.27. The van der Waals surface area contributed by atoms with Crippen molar-refractivity contribution >= 4 is 22.7 Å². The second kappa shape index (κ2) is 4.88. The molecular formula is C11H14N2S2. The van der Waals surface area contributed by atoms with E-state index >= 15 is 0 Å². The van der Waals surface area contributed by atoms with Gasteiger partial charge in [0.2, 0.25) is 0 Å². The van der Waals surface area contributed by atoms with Crippen molar-refractivity contribution in [2.45, 2.75) is 26.4 Å². The molecule has 0 bridgehead atoms. The Morgan fingerprint density at radius 3 is 3.00 bits per heavy atom. The Morgan fingerprint density at radius 2 is 2.40 bits per heavy atom. The summed E-state index contributed by atoms with van der Waals surface area (Å²) in [7, 11) is 0. The Labute approximate surface area is 98.0 Å². The average molecular weight is 238 g/mol. The van der Waals surface area contributed by atoms with E-state index in [0.717, 1.165) is 11.6 Å². The van der Waals surface area contributed by atoms with Crippen molar-refractivity contribution in [3.8, 4) is 0 Å². The highest BCUT2D eigenvalue weighted by molar-refractivity contribution is 7.11. The molecule has 0 fully saturated rings. The molecule has 0 aliphatic carbocycles. The molecule has 0 radical (unpaired) electrons. The maximum atomic E-state index is 4.33. The van der Waals surface area contributed by atoms with Crippen molar-refractivity contribution in [2.24, 2.45) is 0 Å². The van der Waals surface area contributed by atoms with Gasteiger partial charge in [0.1, 0.15) is 5.01 Å². The Hall–Kier alpha value is -0.710. The minimum atomic E-state index is 0.403. The first-order valence-corrected chi connectivity index (χ1v) is 6.68. The van der Waals surface area contributed by atoms with E-state index in [2.05, 4.69) is 41.0 Å². The molecule has 0 spiro atoms. The van der Waals surface area contributed by atoms with Gasteiger partial charge in [0.25, 0.3) is 0 Å². The van der Waals surface area contributed by atoms with Gasteiger partial charge in [0.15, 0.2) is 0 Å². The fourth-order valence-corrected chi connectivity index (χ4v) is 2.85. The number of rotatable bonds is 4. The lowest BCUT2D eigenvalue weighted by molar-refractivity contribution is 0.575. The predicted molar refractivity (Wildman–Crippen MR) is 66.4 cm³/mol. The summed E-state index contributed by atoms with van der Waals surface area (Å²) in [6.07, 6.45) is 1.93. The van der Waals surface area contributed by atoms with Gasteiger partial charge in [-0.3, -0.25) is 0 Å². The first-order chi connectivity index (χ1) is 7.25. The first-order valence-electron chi connectivity index (χ1n) is 4.92. The highest BCUT2D eigenvalue weighted by atomic mass is 32.1. The number of hydrogen-bond donors (Lipinski definition) is 1. The van der Waals surface area contributed by atoms with Gasteiger partial charge >= 0.3 is 0 Å². The fraction of sp³-hybridized carbons (Fsp3) is 0.364. The van der Waals surface area contributed by atoms with E-state index in [1.807, 2.05) is 6.20 Å². The molecule has 1 atom stereocenters. The largest absolute Gasteiger partial charge is 0.304 e. The Bertz CT molecular complexity index is 406. The Balaban J connectivity index is 1.88. The molecule has 2 aromatic heterocycles.